The number of nitrogen functional groups attached to an aromatic ring is 1. The van der Waals surface area contributed by atoms with Crippen LogP contribution in [0.2, 0.25) is 0 Å². The highest BCUT2D eigenvalue weighted by Gasteiger charge is 2.49. The van der Waals surface area contributed by atoms with E-state index in [1.807, 2.05) is 4.98 Å². The number of hydrogen-bond acceptors (Lipinski definition) is 26. The predicted octanol–water partition coefficient (Wildman–Crippen LogP) is -2.60. The summed E-state index contributed by atoms with van der Waals surface area (Å²) in [6.07, 6.45) is -15.2. The minimum Gasteiger partial charge on any atom is -0.390 e. The molecule has 0 saturated carbocycles. The summed E-state index contributed by atoms with van der Waals surface area (Å²) in [5.74, 6) is -0.360. The van der Waals surface area contributed by atoms with Crippen LogP contribution in [0.15, 0.2) is 58.5 Å². The van der Waals surface area contributed by atoms with Crippen molar-refractivity contribution in [3.05, 3.63) is 114 Å². The van der Waals surface area contributed by atoms with Crippen molar-refractivity contribution >= 4 is 48.4 Å². The Morgan fingerprint density at radius 2 is 0.880 bits per heavy atom. The van der Waals surface area contributed by atoms with Gasteiger partial charge in [-0.3, -0.25) is 89.0 Å². The molecular weight excluding hydrogens is 1210 g/mol. The Morgan fingerprint density at radius 1 is 0.530 bits per heavy atom. The Morgan fingerprint density at radius 3 is 1.28 bits per heavy atom. The van der Waals surface area contributed by atoms with Crippen LogP contribution in [0.3, 0.4) is 0 Å². The van der Waals surface area contributed by atoms with Gasteiger partial charge in [-0.2, -0.15) is 4.98 Å². The van der Waals surface area contributed by atoms with Crippen LogP contribution in [-0.4, -0.2) is 153 Å². The number of phosphoric ester groups is 4. The third-order valence-electron chi connectivity index (χ3n) is 13.3. The zero-order chi connectivity index (χ0) is 60.2. The Kier molecular flexibility index (Phi) is 18.0. The van der Waals surface area contributed by atoms with E-state index in [0.29, 0.717) is 0 Å². The number of aryl methyl sites for hydroxylation is 3. The van der Waals surface area contributed by atoms with Crippen LogP contribution in [0.5, 0.6) is 0 Å². The maximum Gasteiger partial charge on any atom is 0.472 e. The average molecular weight is 1260 g/mol. The van der Waals surface area contributed by atoms with Crippen LogP contribution in [0.4, 0.5) is 5.95 Å². The number of nitrogens with two attached hydrogens (primary N) is 1. The largest absolute Gasteiger partial charge is 0.472 e. The summed E-state index contributed by atoms with van der Waals surface area (Å²) in [7, 11) is -21.4. The van der Waals surface area contributed by atoms with Gasteiger partial charge in [0.15, 0.2) is 11.2 Å². The van der Waals surface area contributed by atoms with Crippen molar-refractivity contribution < 1.29 is 98.4 Å². The summed E-state index contributed by atoms with van der Waals surface area (Å²) in [6, 6.07) is 0. The van der Waals surface area contributed by atoms with Gasteiger partial charge in [-0.05, 0) is 20.8 Å². The molecule has 4 aliphatic rings. The van der Waals surface area contributed by atoms with E-state index in [1.54, 1.807) is 0 Å². The maximum atomic E-state index is 14.0. The molecule has 0 aliphatic carbocycles. The molecule has 4 fully saturated rings. The van der Waals surface area contributed by atoms with E-state index in [2.05, 4.69) is 29.4 Å². The second kappa shape index (κ2) is 24.1. The first kappa shape index (κ1) is 62.0. The fourth-order valence-electron chi connectivity index (χ4n) is 9.26. The van der Waals surface area contributed by atoms with Gasteiger partial charge in [0, 0.05) is 61.0 Å². The average Bonchev–Trinajstić information content (AvgIpc) is 4.21. The first-order valence-electron chi connectivity index (χ1n) is 24.5. The molecule has 0 bridgehead atoms. The molecule has 9 heterocycles. The number of aliphatic hydroxyl groups excluding tert-OH is 1. The second-order valence-electron chi connectivity index (χ2n) is 19.2. The van der Waals surface area contributed by atoms with Crippen molar-refractivity contribution in [2.24, 2.45) is 0 Å². The number of rotatable bonds is 22. The number of fused-ring (bicyclic) bond motifs is 1. The van der Waals surface area contributed by atoms with Gasteiger partial charge in [-0.1, -0.05) is 0 Å². The van der Waals surface area contributed by atoms with Crippen LogP contribution in [0.1, 0.15) is 67.3 Å². The van der Waals surface area contributed by atoms with Crippen molar-refractivity contribution in [3.8, 4) is 0 Å². The number of H-pyrrole nitrogens is 4. The Balaban J connectivity index is 0.913. The van der Waals surface area contributed by atoms with Crippen LogP contribution in [0.25, 0.3) is 11.2 Å². The van der Waals surface area contributed by atoms with Crippen molar-refractivity contribution in [1.82, 2.24) is 48.2 Å². The van der Waals surface area contributed by atoms with Gasteiger partial charge in [0.05, 0.1) is 38.9 Å². The lowest BCUT2D eigenvalue weighted by atomic mass is 10.2. The quantitative estimate of drug-likeness (QED) is 0.0317. The molecule has 0 spiro atoms. The van der Waals surface area contributed by atoms with E-state index in [-0.39, 0.29) is 40.2 Å². The number of aromatic amines is 4. The van der Waals surface area contributed by atoms with E-state index in [9.17, 15) is 81.4 Å². The van der Waals surface area contributed by atoms with Crippen LogP contribution >= 0.6 is 31.3 Å². The molecule has 43 heteroatoms. The highest BCUT2D eigenvalue weighted by Crippen LogP contribution is 2.54. The minimum atomic E-state index is -5.49. The molecule has 5 aromatic heterocycles. The van der Waals surface area contributed by atoms with Gasteiger partial charge < -0.3 is 54.3 Å². The van der Waals surface area contributed by atoms with Gasteiger partial charge in [0.25, 0.3) is 22.2 Å². The first-order valence-corrected chi connectivity index (χ1v) is 30.5. The monoisotopic (exact) mass is 1260 g/mol. The zero-order valence-corrected chi connectivity index (χ0v) is 46.7. The second-order valence-corrected chi connectivity index (χ2v) is 24.7. The number of aliphatic hydroxyl groups is 1. The van der Waals surface area contributed by atoms with E-state index < -0.39 is 190 Å². The van der Waals surface area contributed by atoms with Crippen LogP contribution < -0.4 is 45.0 Å². The van der Waals surface area contributed by atoms with E-state index in [4.69, 9.17) is 51.8 Å². The van der Waals surface area contributed by atoms with E-state index in [1.165, 1.54) is 27.0 Å². The third kappa shape index (κ3) is 14.6. The number of phosphoric acid groups is 4. The lowest BCUT2D eigenvalue weighted by Crippen LogP contribution is -2.33. The lowest BCUT2D eigenvalue weighted by molar-refractivity contribution is -0.0632. The highest BCUT2D eigenvalue weighted by molar-refractivity contribution is 7.48. The Hall–Kier alpha value is -5.57. The summed E-state index contributed by atoms with van der Waals surface area (Å²) in [5, 5.41) is 10.7. The van der Waals surface area contributed by atoms with Crippen molar-refractivity contribution in [1.29, 1.82) is 0 Å². The van der Waals surface area contributed by atoms with Crippen molar-refractivity contribution in [3.63, 3.8) is 0 Å². The normalized spacial score (nSPS) is 28.8. The van der Waals surface area contributed by atoms with Crippen LogP contribution in [-0.2, 0) is 68.9 Å². The van der Waals surface area contributed by atoms with E-state index in [0.717, 1.165) is 37.0 Å². The molecule has 0 aromatic carbocycles. The molecule has 83 heavy (non-hydrogen) atoms. The molecule has 456 valence electrons. The fraction of sp³-hybridized carbons (Fsp3) is 0.575. The third-order valence-corrected chi connectivity index (χ3v) is 16.8. The molecule has 4 aliphatic heterocycles. The summed E-state index contributed by atoms with van der Waals surface area (Å²) in [4.78, 5) is 156. The molecule has 9 rings (SSSR count). The molecule has 5 aromatic rings. The van der Waals surface area contributed by atoms with Gasteiger partial charge in [0.1, 0.15) is 67.6 Å². The van der Waals surface area contributed by atoms with Gasteiger partial charge in [-0.25, -0.2) is 37.6 Å². The number of anilines is 1. The molecule has 12 N–H and O–H groups in total. The molecule has 39 nitrogen and oxygen atoms in total. The topological polar surface area (TPSA) is 545 Å². The van der Waals surface area contributed by atoms with Crippen molar-refractivity contribution in [2.45, 2.75) is 120 Å². The number of nitrogens with zero attached hydrogens (tertiary/aromatic N) is 6. The molecule has 4 saturated heterocycles. The standard InChI is InChI=1S/C40H53N11O28P4/c1-16-8-48(38(57)45-33(16)53)27-4-19(52)23(73-27)11-70-81(63,64)78-21-6-29(50-10-18(3)35(55)47-40(50)59)75-25(21)13-71-83(67,68)79-22-7-30(51-15-42-31-32(51)43-37(41)44-36(31)56)76-26(22)14-72-82(65,66)77-20-5-28(74-24(20)12-69-80(60,61)62)49-9-17(2)34(54)46-39(49)58/h8-10,15,19-30,52H,4-7,11-14H2,1-3H3,(H,63,64)(H,65,66)(H,67,68)(H,45,53,57)(H,46,54,58)(H,47,55,59)(H2,60,61,62)(H3,41,43,44,56)/t19-,20-,21-,22-,23+,24+,25+,26+,27+,28+,29+,30+/m0/s1. The van der Waals surface area contributed by atoms with Crippen LogP contribution in [0, 0.1) is 20.8 Å². The zero-order valence-electron chi connectivity index (χ0n) is 43.1. The molecule has 15 atom stereocenters. The minimum absolute atomic E-state index is 0.0193. The highest BCUT2D eigenvalue weighted by atomic mass is 31.2. The maximum absolute atomic E-state index is 14.0. The summed E-state index contributed by atoms with van der Waals surface area (Å²) >= 11 is 0. The number of hydrogen-bond donors (Lipinski definition) is 11. The summed E-state index contributed by atoms with van der Waals surface area (Å²) in [5.41, 5.74) is -0.233. The lowest BCUT2D eigenvalue weighted by Gasteiger charge is -2.25. The number of nitrogens with one attached hydrogen (secondary N) is 4. The van der Waals surface area contributed by atoms with Crippen molar-refractivity contribution in [2.75, 3.05) is 32.2 Å². The Labute approximate surface area is 460 Å². The van der Waals surface area contributed by atoms with Gasteiger partial charge >= 0.3 is 48.4 Å². The number of imidazole rings is 1. The predicted molar refractivity (Wildman–Crippen MR) is 271 cm³/mol. The smallest absolute Gasteiger partial charge is 0.390 e. The SMILES string of the molecule is Cc1cn([C@H]2C[C@H](OP(=O)(O)OC[C@H]3O[C@@H](n4cnc5c(=O)[nH]c(N)nc54)C[C@@H]3OP(=O)(O)OC[C@H]3O[C@@H](n4cc(C)c(=O)[nH]c4=O)C[C@@H]3OP(=O)(O)OC[C@H]3O[C@@H](n4cc(C)c(=O)[nH]c4=O)C[C@@H]3O)[C@@H](COP(=O)(O)O)O2)c(=O)[nH]c1=O. The Bertz CT molecular complexity index is 3910. The number of ether oxygens (including phenoxy) is 4. The summed E-state index contributed by atoms with van der Waals surface area (Å²) < 4.78 is 117. The van der Waals surface area contributed by atoms with E-state index >= 15 is 0 Å². The molecule has 0 radical (unpaired) electrons. The molecular formula is C40H53N11O28P4. The van der Waals surface area contributed by atoms with Gasteiger partial charge in [0.2, 0.25) is 5.95 Å². The summed E-state index contributed by atoms with van der Waals surface area (Å²) in [6.45, 7) is 0.222. The first-order chi connectivity index (χ1) is 38.8. The number of aromatic nitrogens is 10. The molecule has 3 unspecified atom stereocenters. The fourth-order valence-corrected chi connectivity index (χ4v) is 12.5. The van der Waals surface area contributed by atoms with Gasteiger partial charge in [-0.15, -0.1) is 0 Å². The molecule has 0 amide bonds.